The number of amides is 3. The molecule has 0 radical (unpaired) electrons. The molecule has 4 atom stereocenters. The third-order valence-electron chi connectivity index (χ3n) is 6.72. The van der Waals surface area contributed by atoms with Gasteiger partial charge in [0.2, 0.25) is 11.8 Å². The maximum atomic E-state index is 13.0. The molecule has 2 aromatic carbocycles. The van der Waals surface area contributed by atoms with Crippen molar-refractivity contribution in [2.24, 2.45) is 23.7 Å². The lowest BCUT2D eigenvalue weighted by atomic mass is 9.82. The fourth-order valence-corrected chi connectivity index (χ4v) is 5.42. The van der Waals surface area contributed by atoms with Crippen LogP contribution in [0.3, 0.4) is 0 Å². The van der Waals surface area contributed by atoms with Crippen molar-refractivity contribution in [1.82, 2.24) is 0 Å². The van der Waals surface area contributed by atoms with Crippen molar-refractivity contribution in [1.29, 1.82) is 0 Å². The average molecular weight is 465 g/mol. The van der Waals surface area contributed by atoms with Gasteiger partial charge in [0.1, 0.15) is 0 Å². The summed E-state index contributed by atoms with van der Waals surface area (Å²) in [6, 6.07) is 12.8. The van der Waals surface area contributed by atoms with E-state index in [2.05, 4.69) is 11.4 Å². The number of para-hydroxylation sites is 1. The van der Waals surface area contributed by atoms with Crippen LogP contribution in [-0.4, -0.2) is 30.3 Å². The van der Waals surface area contributed by atoms with E-state index in [4.69, 9.17) is 16.3 Å². The van der Waals surface area contributed by atoms with Gasteiger partial charge in [0.15, 0.2) is 6.61 Å². The van der Waals surface area contributed by atoms with E-state index in [1.165, 1.54) is 22.6 Å². The van der Waals surface area contributed by atoms with Crippen molar-refractivity contribution in [3.63, 3.8) is 0 Å². The van der Waals surface area contributed by atoms with Crippen molar-refractivity contribution in [3.8, 4) is 0 Å². The standard InChI is InChI=1S/C25H21ClN2O5/c1-13-10-15-11-17(13)22-21(15)23(30)28(24(22)31)16-8-6-14(7-9-16)25(32)33-12-20(29)27-19-5-3-2-4-18(19)26/h2-10,15,17,21-22H,11-12H2,1H3,(H,27,29)/t15-,17+,21+,22+/m0/s1. The van der Waals surface area contributed by atoms with E-state index >= 15 is 0 Å². The van der Waals surface area contributed by atoms with Gasteiger partial charge in [-0.05, 0) is 61.6 Å². The highest BCUT2D eigenvalue weighted by Gasteiger charge is 2.60. The molecule has 2 aromatic rings. The Morgan fingerprint density at radius 1 is 1.06 bits per heavy atom. The molecular formula is C25H21ClN2O5. The Balaban J connectivity index is 1.22. The third-order valence-corrected chi connectivity index (χ3v) is 7.05. The van der Waals surface area contributed by atoms with Crippen molar-refractivity contribution < 1.29 is 23.9 Å². The van der Waals surface area contributed by atoms with Gasteiger partial charge < -0.3 is 10.1 Å². The molecule has 8 heteroatoms. The van der Waals surface area contributed by atoms with Gasteiger partial charge in [-0.3, -0.25) is 19.3 Å². The number of imide groups is 1. The van der Waals surface area contributed by atoms with Crippen LogP contribution in [0.15, 0.2) is 60.2 Å². The number of nitrogens with one attached hydrogen (secondary N) is 1. The van der Waals surface area contributed by atoms with Gasteiger partial charge in [0.05, 0.1) is 33.8 Å². The van der Waals surface area contributed by atoms with Gasteiger partial charge in [0.25, 0.3) is 5.91 Å². The summed E-state index contributed by atoms with van der Waals surface area (Å²) in [6.45, 7) is 1.55. The number of hydrogen-bond acceptors (Lipinski definition) is 5. The molecule has 2 fully saturated rings. The van der Waals surface area contributed by atoms with Crippen LogP contribution in [0.2, 0.25) is 5.02 Å². The summed E-state index contributed by atoms with van der Waals surface area (Å²) in [4.78, 5) is 51.7. The topological polar surface area (TPSA) is 92.8 Å². The predicted molar refractivity (Wildman–Crippen MR) is 122 cm³/mol. The van der Waals surface area contributed by atoms with Crippen molar-refractivity contribution in [3.05, 3.63) is 70.8 Å². The van der Waals surface area contributed by atoms with Gasteiger partial charge in [-0.15, -0.1) is 0 Å². The monoisotopic (exact) mass is 464 g/mol. The number of rotatable bonds is 5. The number of fused-ring (bicyclic) bond motifs is 5. The Morgan fingerprint density at radius 3 is 2.48 bits per heavy atom. The molecule has 1 heterocycles. The lowest BCUT2D eigenvalue weighted by Gasteiger charge is -2.19. The number of halogens is 1. The minimum Gasteiger partial charge on any atom is -0.452 e. The van der Waals surface area contributed by atoms with Crippen LogP contribution in [0.1, 0.15) is 23.7 Å². The molecule has 168 valence electrons. The first-order valence-corrected chi connectivity index (χ1v) is 11.1. The maximum Gasteiger partial charge on any atom is 0.338 e. The number of carbonyl (C=O) groups is 4. The molecule has 7 nitrogen and oxygen atoms in total. The number of anilines is 2. The molecule has 0 unspecified atom stereocenters. The zero-order valence-electron chi connectivity index (χ0n) is 17.8. The molecule has 33 heavy (non-hydrogen) atoms. The number of allylic oxidation sites excluding steroid dienone is 2. The number of hydrogen-bond donors (Lipinski definition) is 1. The van der Waals surface area contributed by atoms with Crippen LogP contribution < -0.4 is 10.2 Å². The first kappa shape index (κ1) is 21.4. The molecule has 5 rings (SSSR count). The van der Waals surface area contributed by atoms with Crippen LogP contribution in [0.4, 0.5) is 11.4 Å². The van der Waals surface area contributed by atoms with Crippen LogP contribution >= 0.6 is 11.6 Å². The van der Waals surface area contributed by atoms with Gasteiger partial charge in [-0.2, -0.15) is 0 Å². The van der Waals surface area contributed by atoms with Gasteiger partial charge in [-0.1, -0.05) is 35.4 Å². The van der Waals surface area contributed by atoms with E-state index in [-0.39, 0.29) is 41.0 Å². The first-order valence-electron chi connectivity index (χ1n) is 10.7. The summed E-state index contributed by atoms with van der Waals surface area (Å²) in [7, 11) is 0. The molecule has 3 aliphatic rings. The van der Waals surface area contributed by atoms with E-state index in [0.717, 1.165) is 6.42 Å². The zero-order valence-corrected chi connectivity index (χ0v) is 18.5. The molecule has 0 spiro atoms. The smallest absolute Gasteiger partial charge is 0.338 e. The summed E-state index contributed by atoms with van der Waals surface area (Å²) in [5.74, 6) is -1.85. The predicted octanol–water partition coefficient (Wildman–Crippen LogP) is 3.84. The minimum atomic E-state index is -0.690. The fourth-order valence-electron chi connectivity index (χ4n) is 5.24. The lowest BCUT2D eigenvalue weighted by molar-refractivity contribution is -0.123. The van der Waals surface area contributed by atoms with E-state index in [9.17, 15) is 19.2 Å². The largest absolute Gasteiger partial charge is 0.452 e. The first-order chi connectivity index (χ1) is 15.8. The van der Waals surface area contributed by atoms with E-state index < -0.39 is 18.5 Å². The van der Waals surface area contributed by atoms with E-state index in [1.807, 2.05) is 6.92 Å². The van der Waals surface area contributed by atoms with Gasteiger partial charge in [-0.25, -0.2) is 4.79 Å². The van der Waals surface area contributed by atoms with Crippen molar-refractivity contribution in [2.45, 2.75) is 13.3 Å². The summed E-state index contributed by atoms with van der Waals surface area (Å²) in [5.41, 5.74) is 2.26. The maximum absolute atomic E-state index is 13.0. The van der Waals surface area contributed by atoms with Crippen LogP contribution in [0.25, 0.3) is 0 Å². The minimum absolute atomic E-state index is 0.132. The molecule has 1 saturated heterocycles. The SMILES string of the molecule is CC1=C[C@H]2C[C@H]1[C@H]1C(=O)N(c3ccc(C(=O)OCC(=O)Nc4ccccc4Cl)cc3)C(=O)[C@@H]12. The number of ether oxygens (including phenoxy) is 1. The normalized spacial score (nSPS) is 25.2. The molecule has 1 aliphatic heterocycles. The Labute approximate surface area is 195 Å². The summed E-state index contributed by atoms with van der Waals surface area (Å²) >= 11 is 6.00. The molecule has 1 saturated carbocycles. The Kier molecular flexibility index (Phi) is 5.29. The number of esters is 1. The number of nitrogens with zero attached hydrogens (tertiary/aromatic N) is 1. The molecule has 3 amide bonds. The molecule has 2 bridgehead atoms. The quantitative estimate of drug-likeness (QED) is 0.412. The zero-order chi connectivity index (χ0) is 23.3. The van der Waals surface area contributed by atoms with Crippen LogP contribution in [0.5, 0.6) is 0 Å². The summed E-state index contributed by atoms with van der Waals surface area (Å²) < 4.78 is 5.07. The number of benzene rings is 2. The Morgan fingerprint density at radius 2 is 1.76 bits per heavy atom. The molecule has 1 N–H and O–H groups in total. The summed E-state index contributed by atoms with van der Waals surface area (Å²) in [6.07, 6.45) is 3.00. The second-order valence-corrected chi connectivity index (χ2v) is 9.04. The number of carbonyl (C=O) groups excluding carboxylic acids is 4. The lowest BCUT2D eigenvalue weighted by Crippen LogP contribution is -2.33. The Bertz CT molecular complexity index is 1210. The third kappa shape index (κ3) is 3.62. The second kappa shape index (κ2) is 8.15. The second-order valence-electron chi connectivity index (χ2n) is 8.63. The van der Waals surface area contributed by atoms with Crippen molar-refractivity contribution in [2.75, 3.05) is 16.8 Å². The Hall–Kier alpha value is -3.45. The highest BCUT2D eigenvalue weighted by molar-refractivity contribution is 6.33. The van der Waals surface area contributed by atoms with E-state index in [0.29, 0.717) is 16.4 Å². The molecule has 0 aromatic heterocycles. The fraction of sp³-hybridized carbons (Fsp3) is 0.280. The highest BCUT2D eigenvalue weighted by Crippen LogP contribution is 2.55. The molecule has 2 aliphatic carbocycles. The average Bonchev–Trinajstić information content (AvgIpc) is 3.44. The van der Waals surface area contributed by atoms with Crippen molar-refractivity contribution >= 4 is 46.7 Å². The molecular weight excluding hydrogens is 444 g/mol. The van der Waals surface area contributed by atoms with Gasteiger partial charge >= 0.3 is 5.97 Å². The van der Waals surface area contributed by atoms with Crippen LogP contribution in [0, 0.1) is 23.7 Å². The van der Waals surface area contributed by atoms with Crippen LogP contribution in [-0.2, 0) is 19.1 Å². The van der Waals surface area contributed by atoms with Gasteiger partial charge in [0, 0.05) is 0 Å². The summed E-state index contributed by atoms with van der Waals surface area (Å²) in [5, 5.41) is 2.95. The highest BCUT2D eigenvalue weighted by atomic mass is 35.5. The van der Waals surface area contributed by atoms with E-state index in [1.54, 1.807) is 36.4 Å².